The molecule has 0 saturated carbocycles. The molecule has 3 aromatic rings. The maximum absolute atomic E-state index is 10.7. The molecule has 0 aliphatic carbocycles. The van der Waals surface area contributed by atoms with Gasteiger partial charge in [-0.25, -0.2) is 4.98 Å². The van der Waals surface area contributed by atoms with E-state index in [2.05, 4.69) is 27.6 Å². The van der Waals surface area contributed by atoms with E-state index in [1.54, 1.807) is 18.2 Å². The molecular weight excluding hydrogens is 383 g/mol. The average molecular weight is 392 g/mol. The maximum Gasteiger partial charge on any atom is 0.270 e. The third-order valence-electron chi connectivity index (χ3n) is 2.88. The molecule has 5 nitrogen and oxygen atoms in total. The molecule has 0 N–H and O–H groups in total. The van der Waals surface area contributed by atoms with Gasteiger partial charge in [-0.05, 0) is 52.9 Å². The zero-order chi connectivity index (χ0) is 14.8. The second-order valence-corrected chi connectivity index (χ2v) is 5.59. The molecule has 2 aromatic carbocycles. The van der Waals surface area contributed by atoms with Crippen LogP contribution in [0, 0.1) is 13.7 Å². The largest absolute Gasteiger partial charge is 0.439 e. The SMILES string of the molecule is O=[N+]([O-])c1ccc2nc(Oc3cccc(I)c3)ccc2c1. The van der Waals surface area contributed by atoms with Gasteiger partial charge < -0.3 is 4.74 Å². The molecule has 0 spiro atoms. The lowest BCUT2D eigenvalue weighted by Gasteiger charge is -2.06. The van der Waals surface area contributed by atoms with E-state index in [9.17, 15) is 10.1 Å². The van der Waals surface area contributed by atoms with Crippen LogP contribution in [0.4, 0.5) is 5.69 Å². The highest BCUT2D eigenvalue weighted by Crippen LogP contribution is 2.25. The number of nitrogens with zero attached hydrogens (tertiary/aromatic N) is 2. The number of pyridine rings is 1. The first kappa shape index (κ1) is 13.7. The van der Waals surface area contributed by atoms with Gasteiger partial charge in [-0.3, -0.25) is 10.1 Å². The third-order valence-corrected chi connectivity index (χ3v) is 3.55. The number of non-ortho nitro benzene ring substituents is 1. The number of nitro benzene ring substituents is 1. The minimum atomic E-state index is -0.421. The Hall–Kier alpha value is -2.22. The molecule has 0 amide bonds. The van der Waals surface area contributed by atoms with Crippen LogP contribution in [0.15, 0.2) is 54.6 Å². The molecule has 1 heterocycles. The molecule has 0 atom stereocenters. The second-order valence-electron chi connectivity index (χ2n) is 4.34. The van der Waals surface area contributed by atoms with Crippen molar-refractivity contribution < 1.29 is 9.66 Å². The molecule has 3 rings (SSSR count). The topological polar surface area (TPSA) is 65.3 Å². The maximum atomic E-state index is 10.7. The Morgan fingerprint density at radius 1 is 1.10 bits per heavy atom. The van der Waals surface area contributed by atoms with E-state index in [0.29, 0.717) is 22.5 Å². The Kier molecular flexibility index (Phi) is 3.70. The molecule has 0 aliphatic rings. The Morgan fingerprint density at radius 2 is 1.95 bits per heavy atom. The third kappa shape index (κ3) is 3.10. The standard InChI is InChI=1S/C15H9IN2O3/c16-11-2-1-3-13(9-11)21-15-7-4-10-8-12(18(19)20)5-6-14(10)17-15/h1-9H. The fourth-order valence-electron chi connectivity index (χ4n) is 1.92. The van der Waals surface area contributed by atoms with E-state index in [1.165, 1.54) is 12.1 Å². The van der Waals surface area contributed by atoms with Crippen molar-refractivity contribution in [2.24, 2.45) is 0 Å². The highest BCUT2D eigenvalue weighted by Gasteiger charge is 2.08. The first-order valence-corrected chi connectivity index (χ1v) is 7.18. The van der Waals surface area contributed by atoms with Crippen LogP contribution >= 0.6 is 22.6 Å². The lowest BCUT2D eigenvalue weighted by Crippen LogP contribution is -1.91. The number of halogens is 1. The summed E-state index contributed by atoms with van der Waals surface area (Å²) < 4.78 is 6.77. The predicted octanol–water partition coefficient (Wildman–Crippen LogP) is 4.54. The Bertz CT molecular complexity index is 836. The van der Waals surface area contributed by atoms with Crippen molar-refractivity contribution in [3.63, 3.8) is 0 Å². The Morgan fingerprint density at radius 3 is 2.71 bits per heavy atom. The second kappa shape index (κ2) is 5.65. The van der Waals surface area contributed by atoms with Crippen molar-refractivity contribution in [3.05, 3.63) is 68.3 Å². The van der Waals surface area contributed by atoms with Crippen LogP contribution in [0.3, 0.4) is 0 Å². The molecule has 6 heteroatoms. The van der Waals surface area contributed by atoms with E-state index >= 15 is 0 Å². The summed E-state index contributed by atoms with van der Waals surface area (Å²) in [7, 11) is 0. The number of ether oxygens (including phenoxy) is 1. The molecular formula is C15H9IN2O3. The fourth-order valence-corrected chi connectivity index (χ4v) is 2.43. The molecule has 0 unspecified atom stereocenters. The van der Waals surface area contributed by atoms with Crippen molar-refractivity contribution in [2.75, 3.05) is 0 Å². The quantitative estimate of drug-likeness (QED) is 0.373. The number of aromatic nitrogens is 1. The highest BCUT2D eigenvalue weighted by atomic mass is 127. The van der Waals surface area contributed by atoms with Gasteiger partial charge in [0.25, 0.3) is 5.69 Å². The van der Waals surface area contributed by atoms with E-state index in [1.807, 2.05) is 24.3 Å². The Balaban J connectivity index is 1.94. The Labute approximate surface area is 133 Å². The van der Waals surface area contributed by atoms with Crippen LogP contribution in [-0.2, 0) is 0 Å². The fraction of sp³-hybridized carbons (Fsp3) is 0. The minimum Gasteiger partial charge on any atom is -0.439 e. The molecule has 0 saturated heterocycles. The van der Waals surface area contributed by atoms with Crippen LogP contribution in [0.5, 0.6) is 11.6 Å². The van der Waals surface area contributed by atoms with Crippen molar-refractivity contribution in [1.82, 2.24) is 4.98 Å². The molecule has 1 aromatic heterocycles. The van der Waals surface area contributed by atoms with Gasteiger partial charge in [-0.15, -0.1) is 0 Å². The van der Waals surface area contributed by atoms with Gasteiger partial charge in [-0.1, -0.05) is 6.07 Å². The monoisotopic (exact) mass is 392 g/mol. The van der Waals surface area contributed by atoms with Crippen molar-refractivity contribution in [3.8, 4) is 11.6 Å². The van der Waals surface area contributed by atoms with Gasteiger partial charge in [0.2, 0.25) is 5.88 Å². The predicted molar refractivity (Wildman–Crippen MR) is 87.6 cm³/mol. The van der Waals surface area contributed by atoms with Crippen molar-refractivity contribution >= 4 is 39.2 Å². The number of hydrogen-bond donors (Lipinski definition) is 0. The average Bonchev–Trinajstić information content (AvgIpc) is 2.46. The number of benzene rings is 2. The summed E-state index contributed by atoms with van der Waals surface area (Å²) in [4.78, 5) is 14.7. The number of hydrogen-bond acceptors (Lipinski definition) is 4. The normalized spacial score (nSPS) is 10.5. The van der Waals surface area contributed by atoms with Crippen LogP contribution in [0.1, 0.15) is 0 Å². The molecule has 21 heavy (non-hydrogen) atoms. The zero-order valence-corrected chi connectivity index (χ0v) is 12.9. The summed E-state index contributed by atoms with van der Waals surface area (Å²) in [6, 6.07) is 15.6. The summed E-state index contributed by atoms with van der Waals surface area (Å²) in [6.07, 6.45) is 0. The van der Waals surface area contributed by atoms with Gasteiger partial charge in [0.1, 0.15) is 5.75 Å². The minimum absolute atomic E-state index is 0.0515. The number of rotatable bonds is 3. The van der Waals surface area contributed by atoms with Crippen molar-refractivity contribution in [1.29, 1.82) is 0 Å². The van der Waals surface area contributed by atoms with Gasteiger partial charge in [0.15, 0.2) is 0 Å². The first-order chi connectivity index (χ1) is 10.1. The lowest BCUT2D eigenvalue weighted by molar-refractivity contribution is -0.384. The molecule has 0 radical (unpaired) electrons. The van der Waals surface area contributed by atoms with Crippen LogP contribution in [0.2, 0.25) is 0 Å². The summed E-state index contributed by atoms with van der Waals surface area (Å²) in [5.74, 6) is 1.16. The van der Waals surface area contributed by atoms with E-state index in [0.717, 1.165) is 3.57 Å². The molecule has 0 bridgehead atoms. The van der Waals surface area contributed by atoms with Gasteiger partial charge >= 0.3 is 0 Å². The number of nitro groups is 1. The van der Waals surface area contributed by atoms with Crippen LogP contribution in [0.25, 0.3) is 10.9 Å². The van der Waals surface area contributed by atoms with Crippen LogP contribution in [-0.4, -0.2) is 9.91 Å². The van der Waals surface area contributed by atoms with Crippen molar-refractivity contribution in [2.45, 2.75) is 0 Å². The lowest BCUT2D eigenvalue weighted by atomic mass is 10.2. The highest BCUT2D eigenvalue weighted by molar-refractivity contribution is 14.1. The summed E-state index contributed by atoms with van der Waals surface area (Å²) in [6.45, 7) is 0. The molecule has 0 fully saturated rings. The smallest absolute Gasteiger partial charge is 0.270 e. The van der Waals surface area contributed by atoms with Crippen LogP contribution < -0.4 is 4.74 Å². The summed E-state index contributed by atoms with van der Waals surface area (Å²) in [5.41, 5.74) is 0.708. The van der Waals surface area contributed by atoms with Gasteiger partial charge in [-0.2, -0.15) is 0 Å². The molecule has 0 aliphatic heterocycles. The number of fused-ring (bicyclic) bond motifs is 1. The van der Waals surface area contributed by atoms with Gasteiger partial charge in [0, 0.05) is 27.2 Å². The van der Waals surface area contributed by atoms with Gasteiger partial charge in [0.05, 0.1) is 10.4 Å². The van der Waals surface area contributed by atoms with E-state index < -0.39 is 4.92 Å². The van der Waals surface area contributed by atoms with E-state index in [-0.39, 0.29) is 5.69 Å². The summed E-state index contributed by atoms with van der Waals surface area (Å²) >= 11 is 2.21. The van der Waals surface area contributed by atoms with E-state index in [4.69, 9.17) is 4.74 Å². The summed E-state index contributed by atoms with van der Waals surface area (Å²) in [5, 5.41) is 11.5. The molecule has 104 valence electrons. The zero-order valence-electron chi connectivity index (χ0n) is 10.7. The first-order valence-electron chi connectivity index (χ1n) is 6.10.